The van der Waals surface area contributed by atoms with E-state index >= 15 is 0 Å². The lowest BCUT2D eigenvalue weighted by Crippen LogP contribution is -2.41. The third-order valence-corrected chi connectivity index (χ3v) is 5.26. The number of hydrogen-bond acceptors (Lipinski definition) is 7. The predicted octanol–water partition coefficient (Wildman–Crippen LogP) is 4.30. The van der Waals surface area contributed by atoms with Gasteiger partial charge in [0.25, 0.3) is 0 Å². The van der Waals surface area contributed by atoms with Gasteiger partial charge in [0.05, 0.1) is 6.33 Å². The van der Waals surface area contributed by atoms with E-state index in [9.17, 15) is 10.2 Å². The summed E-state index contributed by atoms with van der Waals surface area (Å²) < 4.78 is 1.94. The highest BCUT2D eigenvalue weighted by Gasteiger charge is 2.23. The van der Waals surface area contributed by atoms with Crippen molar-refractivity contribution < 1.29 is 10.2 Å². The standard InChI is InChI=1S/C24H28N6O2/c1-15(2)29-14-25-21-22(27-24(28-23(21)29)30(16(3)31)17(4)32)26-20-12-10-19(11-13-20)18-8-6-5-7-9-18/h5-17,31-32H,1-4H3,(H,26,27,28). The summed E-state index contributed by atoms with van der Waals surface area (Å²) in [5.74, 6) is 0.719. The average Bonchev–Trinajstić information content (AvgIpc) is 3.19. The topological polar surface area (TPSA) is 99.3 Å². The molecule has 2 heterocycles. The van der Waals surface area contributed by atoms with Crippen LogP contribution in [0.15, 0.2) is 60.9 Å². The lowest BCUT2D eigenvalue weighted by Gasteiger charge is -2.28. The molecule has 3 N–H and O–H groups in total. The van der Waals surface area contributed by atoms with Gasteiger partial charge in [-0.1, -0.05) is 42.5 Å². The van der Waals surface area contributed by atoms with Gasteiger partial charge in [0.15, 0.2) is 17.0 Å². The third kappa shape index (κ3) is 4.28. The Morgan fingerprint density at radius 1 is 0.844 bits per heavy atom. The van der Waals surface area contributed by atoms with Gasteiger partial charge in [0.1, 0.15) is 12.5 Å². The molecule has 0 aliphatic carbocycles. The van der Waals surface area contributed by atoms with Gasteiger partial charge >= 0.3 is 0 Å². The number of aliphatic hydroxyl groups excluding tert-OH is 2. The van der Waals surface area contributed by atoms with E-state index in [1.165, 1.54) is 4.90 Å². The number of aromatic nitrogens is 4. The van der Waals surface area contributed by atoms with Crippen molar-refractivity contribution in [2.45, 2.75) is 46.2 Å². The quantitative estimate of drug-likeness (QED) is 0.374. The summed E-state index contributed by atoms with van der Waals surface area (Å²) in [7, 11) is 0. The van der Waals surface area contributed by atoms with Gasteiger partial charge in [-0.2, -0.15) is 9.97 Å². The number of aliphatic hydroxyl groups is 2. The molecule has 2 aromatic carbocycles. The normalized spacial score (nSPS) is 13.3. The van der Waals surface area contributed by atoms with Crippen molar-refractivity contribution in [1.29, 1.82) is 0 Å². The zero-order valence-electron chi connectivity index (χ0n) is 18.6. The van der Waals surface area contributed by atoms with Crippen molar-refractivity contribution in [2.75, 3.05) is 10.2 Å². The zero-order valence-corrected chi connectivity index (χ0v) is 18.6. The molecular weight excluding hydrogens is 404 g/mol. The molecule has 4 aromatic rings. The lowest BCUT2D eigenvalue weighted by atomic mass is 10.1. The average molecular weight is 433 g/mol. The summed E-state index contributed by atoms with van der Waals surface area (Å²) in [5, 5.41) is 23.7. The van der Waals surface area contributed by atoms with Gasteiger partial charge in [-0.15, -0.1) is 0 Å². The minimum Gasteiger partial charge on any atom is -0.374 e. The molecule has 2 aromatic heterocycles. The van der Waals surface area contributed by atoms with E-state index in [2.05, 4.69) is 32.4 Å². The maximum atomic E-state index is 10.2. The number of nitrogens with one attached hydrogen (secondary N) is 1. The van der Waals surface area contributed by atoms with Crippen LogP contribution in [0.25, 0.3) is 22.3 Å². The van der Waals surface area contributed by atoms with Crippen LogP contribution in [0.4, 0.5) is 17.5 Å². The summed E-state index contributed by atoms with van der Waals surface area (Å²) in [6, 6.07) is 18.4. The van der Waals surface area contributed by atoms with Crippen molar-refractivity contribution in [2.24, 2.45) is 0 Å². The lowest BCUT2D eigenvalue weighted by molar-refractivity contribution is 0.103. The summed E-state index contributed by atoms with van der Waals surface area (Å²) in [4.78, 5) is 15.1. The molecule has 0 saturated carbocycles. The van der Waals surface area contributed by atoms with Gasteiger partial charge in [-0.05, 0) is 51.0 Å². The van der Waals surface area contributed by atoms with Crippen LogP contribution >= 0.6 is 0 Å². The molecule has 0 saturated heterocycles. The zero-order chi connectivity index (χ0) is 22.8. The maximum absolute atomic E-state index is 10.2. The highest BCUT2D eigenvalue weighted by atomic mass is 16.3. The minimum absolute atomic E-state index is 0.132. The summed E-state index contributed by atoms with van der Waals surface area (Å²) in [5.41, 5.74) is 4.34. The molecule has 0 radical (unpaired) electrons. The van der Waals surface area contributed by atoms with E-state index in [4.69, 9.17) is 0 Å². The Morgan fingerprint density at radius 2 is 1.47 bits per heavy atom. The predicted molar refractivity (Wildman–Crippen MR) is 127 cm³/mol. The largest absolute Gasteiger partial charge is 0.374 e. The Kier molecular flexibility index (Phi) is 6.07. The fraction of sp³-hybridized carbons (Fsp3) is 0.292. The molecule has 4 rings (SSSR count). The summed E-state index contributed by atoms with van der Waals surface area (Å²) in [6.45, 7) is 7.21. The van der Waals surface area contributed by atoms with Crippen LogP contribution in [0.3, 0.4) is 0 Å². The molecule has 8 nitrogen and oxygen atoms in total. The Balaban J connectivity index is 1.75. The molecule has 0 fully saturated rings. The van der Waals surface area contributed by atoms with Crippen molar-refractivity contribution >= 4 is 28.6 Å². The number of imidazole rings is 1. The Labute approximate surface area is 187 Å². The molecule has 0 aliphatic heterocycles. The molecular formula is C24H28N6O2. The molecule has 2 atom stereocenters. The number of nitrogens with zero attached hydrogens (tertiary/aromatic N) is 5. The highest BCUT2D eigenvalue weighted by Crippen LogP contribution is 2.29. The van der Waals surface area contributed by atoms with E-state index in [0.717, 1.165) is 16.8 Å². The molecule has 166 valence electrons. The van der Waals surface area contributed by atoms with E-state index in [-0.39, 0.29) is 12.0 Å². The first-order valence-electron chi connectivity index (χ1n) is 10.7. The first-order chi connectivity index (χ1) is 15.3. The number of benzene rings is 2. The maximum Gasteiger partial charge on any atom is 0.233 e. The van der Waals surface area contributed by atoms with E-state index in [1.807, 2.05) is 60.9 Å². The van der Waals surface area contributed by atoms with Crippen molar-refractivity contribution in [3.63, 3.8) is 0 Å². The van der Waals surface area contributed by atoms with Gasteiger partial charge < -0.3 is 20.1 Å². The second-order valence-electron chi connectivity index (χ2n) is 8.03. The molecule has 32 heavy (non-hydrogen) atoms. The Morgan fingerprint density at radius 3 is 2.06 bits per heavy atom. The van der Waals surface area contributed by atoms with Crippen LogP contribution in [0.1, 0.15) is 33.7 Å². The first kappa shape index (κ1) is 21.7. The van der Waals surface area contributed by atoms with E-state index in [1.54, 1.807) is 20.2 Å². The van der Waals surface area contributed by atoms with Crippen LogP contribution in [-0.4, -0.2) is 42.2 Å². The summed E-state index contributed by atoms with van der Waals surface area (Å²) in [6.07, 6.45) is -0.214. The fourth-order valence-electron chi connectivity index (χ4n) is 3.65. The second-order valence-corrected chi connectivity index (χ2v) is 8.03. The molecule has 0 aliphatic rings. The van der Waals surface area contributed by atoms with Crippen molar-refractivity contribution in [1.82, 2.24) is 19.5 Å². The molecule has 0 spiro atoms. The Bertz CT molecular complexity index is 1180. The fourth-order valence-corrected chi connectivity index (χ4v) is 3.65. The van der Waals surface area contributed by atoms with Crippen LogP contribution in [0.5, 0.6) is 0 Å². The highest BCUT2D eigenvalue weighted by molar-refractivity contribution is 5.87. The number of anilines is 3. The summed E-state index contributed by atoms with van der Waals surface area (Å²) >= 11 is 0. The SMILES string of the molecule is CC(O)N(c1nc(Nc2ccc(-c3ccccc3)cc2)c2ncn(C(C)C)c2n1)C(C)O. The molecule has 0 amide bonds. The van der Waals surface area contributed by atoms with Crippen LogP contribution in [0.2, 0.25) is 0 Å². The Hall–Kier alpha value is -3.49. The molecule has 8 heteroatoms. The van der Waals surface area contributed by atoms with Crippen molar-refractivity contribution in [3.05, 3.63) is 60.9 Å². The van der Waals surface area contributed by atoms with Crippen LogP contribution in [-0.2, 0) is 0 Å². The van der Waals surface area contributed by atoms with E-state index in [0.29, 0.717) is 17.0 Å². The van der Waals surface area contributed by atoms with Gasteiger partial charge in [-0.3, -0.25) is 4.90 Å². The van der Waals surface area contributed by atoms with Gasteiger partial charge in [0.2, 0.25) is 5.95 Å². The number of hydrogen-bond donors (Lipinski definition) is 3. The second kappa shape index (κ2) is 8.94. The van der Waals surface area contributed by atoms with Crippen molar-refractivity contribution in [3.8, 4) is 11.1 Å². The van der Waals surface area contributed by atoms with E-state index < -0.39 is 12.5 Å². The molecule has 2 unspecified atom stereocenters. The first-order valence-corrected chi connectivity index (χ1v) is 10.7. The monoisotopic (exact) mass is 432 g/mol. The number of rotatable bonds is 7. The van der Waals surface area contributed by atoms with Crippen LogP contribution in [0, 0.1) is 0 Å². The third-order valence-electron chi connectivity index (χ3n) is 5.26. The number of fused-ring (bicyclic) bond motifs is 1. The molecule has 0 bridgehead atoms. The van der Waals surface area contributed by atoms with Gasteiger partial charge in [0, 0.05) is 11.7 Å². The smallest absolute Gasteiger partial charge is 0.233 e. The van der Waals surface area contributed by atoms with Crippen LogP contribution < -0.4 is 10.2 Å². The minimum atomic E-state index is -0.971. The van der Waals surface area contributed by atoms with Gasteiger partial charge in [-0.25, -0.2) is 4.98 Å².